The number of aromatic amines is 1. The first-order chi connectivity index (χ1) is 10.7. The van der Waals surface area contributed by atoms with Gasteiger partial charge in [-0.3, -0.25) is 14.6 Å². The van der Waals surface area contributed by atoms with Gasteiger partial charge in [0.2, 0.25) is 5.91 Å². The van der Waals surface area contributed by atoms with Crippen molar-refractivity contribution in [2.24, 2.45) is 5.92 Å². The van der Waals surface area contributed by atoms with Crippen LogP contribution in [0.5, 0.6) is 0 Å². The third-order valence-corrected chi connectivity index (χ3v) is 4.12. The molecule has 2 aromatic rings. The topological polar surface area (TPSA) is 91.8 Å². The lowest BCUT2D eigenvalue weighted by Crippen LogP contribution is -2.39. The summed E-state index contributed by atoms with van der Waals surface area (Å²) >= 11 is 0. The molecule has 1 saturated carbocycles. The number of nitrogens with zero attached hydrogens (tertiary/aromatic N) is 4. The summed E-state index contributed by atoms with van der Waals surface area (Å²) in [6, 6.07) is 0. The highest BCUT2D eigenvalue weighted by Crippen LogP contribution is 2.32. The fraction of sp³-hybridized carbons (Fsp3) is 0.400. The lowest BCUT2D eigenvalue weighted by molar-refractivity contribution is -0.133. The van der Waals surface area contributed by atoms with Gasteiger partial charge in [0.1, 0.15) is 5.69 Å². The molecule has 7 heteroatoms. The quantitative estimate of drug-likeness (QED) is 0.872. The molecule has 0 atom stereocenters. The van der Waals surface area contributed by atoms with E-state index in [0.29, 0.717) is 42.3 Å². The van der Waals surface area contributed by atoms with Crippen LogP contribution >= 0.6 is 0 Å². The van der Waals surface area contributed by atoms with Crippen molar-refractivity contribution in [3.05, 3.63) is 40.2 Å². The Morgan fingerprint density at radius 2 is 2.18 bits per heavy atom. The summed E-state index contributed by atoms with van der Waals surface area (Å²) in [5.41, 5.74) is 1.72. The summed E-state index contributed by atoms with van der Waals surface area (Å²) in [6.45, 7) is 0.999. The van der Waals surface area contributed by atoms with Crippen LogP contribution in [0.15, 0.2) is 23.4 Å². The first kappa shape index (κ1) is 13.1. The Morgan fingerprint density at radius 3 is 2.91 bits per heavy atom. The lowest BCUT2D eigenvalue weighted by atomic mass is 10.1. The molecule has 0 unspecified atom stereocenters. The molecule has 0 spiro atoms. The van der Waals surface area contributed by atoms with Gasteiger partial charge in [-0.15, -0.1) is 0 Å². The second-order valence-electron chi connectivity index (χ2n) is 5.71. The van der Waals surface area contributed by atoms with Crippen LogP contribution in [0, 0.1) is 5.92 Å². The van der Waals surface area contributed by atoms with Crippen molar-refractivity contribution in [1.29, 1.82) is 0 Å². The number of hydrogen-bond acceptors (Lipinski definition) is 5. The number of carbonyl (C=O) groups excluding carboxylic acids is 1. The largest absolute Gasteiger partial charge is 0.336 e. The van der Waals surface area contributed by atoms with Crippen LogP contribution in [0.3, 0.4) is 0 Å². The van der Waals surface area contributed by atoms with Gasteiger partial charge in [0.25, 0.3) is 5.56 Å². The summed E-state index contributed by atoms with van der Waals surface area (Å²) in [5, 5.41) is 0. The molecule has 1 fully saturated rings. The highest BCUT2D eigenvalue weighted by Gasteiger charge is 2.35. The van der Waals surface area contributed by atoms with E-state index in [4.69, 9.17) is 0 Å². The van der Waals surface area contributed by atoms with Crippen LogP contribution in [-0.2, 0) is 17.8 Å². The first-order valence-electron chi connectivity index (χ1n) is 7.39. The predicted octanol–water partition coefficient (Wildman–Crippen LogP) is 0.522. The van der Waals surface area contributed by atoms with E-state index in [1.807, 2.05) is 4.90 Å². The number of carbonyl (C=O) groups is 1. The summed E-state index contributed by atoms with van der Waals surface area (Å²) in [4.78, 5) is 41.7. The highest BCUT2D eigenvalue weighted by atomic mass is 16.2. The molecule has 112 valence electrons. The smallest absolute Gasteiger partial charge is 0.254 e. The van der Waals surface area contributed by atoms with E-state index in [1.165, 1.54) is 0 Å². The third kappa shape index (κ3) is 2.28. The van der Waals surface area contributed by atoms with Crippen LogP contribution < -0.4 is 5.56 Å². The van der Waals surface area contributed by atoms with Crippen LogP contribution in [0.2, 0.25) is 0 Å². The molecule has 3 heterocycles. The Hall–Kier alpha value is -2.57. The van der Waals surface area contributed by atoms with Gasteiger partial charge in [0.05, 0.1) is 18.4 Å². The fourth-order valence-corrected chi connectivity index (χ4v) is 2.76. The van der Waals surface area contributed by atoms with Gasteiger partial charge in [-0.05, 0) is 19.3 Å². The normalized spacial score (nSPS) is 17.2. The van der Waals surface area contributed by atoms with Crippen LogP contribution in [0.1, 0.15) is 24.1 Å². The van der Waals surface area contributed by atoms with Crippen molar-refractivity contribution >= 4 is 5.91 Å². The second kappa shape index (κ2) is 5.01. The predicted molar refractivity (Wildman–Crippen MR) is 77.7 cm³/mol. The van der Waals surface area contributed by atoms with Gasteiger partial charge in [0, 0.05) is 30.4 Å². The maximum atomic E-state index is 12.2. The van der Waals surface area contributed by atoms with Gasteiger partial charge >= 0.3 is 0 Å². The van der Waals surface area contributed by atoms with Gasteiger partial charge in [0.15, 0.2) is 5.82 Å². The Morgan fingerprint density at radius 1 is 1.32 bits per heavy atom. The van der Waals surface area contributed by atoms with Gasteiger partial charge in [-0.1, -0.05) is 0 Å². The van der Waals surface area contributed by atoms with Crippen molar-refractivity contribution in [1.82, 2.24) is 24.8 Å². The lowest BCUT2D eigenvalue weighted by Gasteiger charge is -2.27. The Kier molecular flexibility index (Phi) is 2.99. The number of H-pyrrole nitrogens is 1. The number of aromatic nitrogens is 4. The molecular formula is C15H15N5O2. The van der Waals surface area contributed by atoms with Crippen molar-refractivity contribution < 1.29 is 4.79 Å². The van der Waals surface area contributed by atoms with Gasteiger partial charge < -0.3 is 9.88 Å². The maximum absolute atomic E-state index is 12.2. The molecule has 22 heavy (non-hydrogen) atoms. The van der Waals surface area contributed by atoms with Gasteiger partial charge in [-0.25, -0.2) is 9.97 Å². The summed E-state index contributed by atoms with van der Waals surface area (Å²) in [6.07, 6.45) is 7.19. The molecule has 0 aromatic carbocycles. The SMILES string of the molecule is O=C(C1CC1)N1CCc2c(nc(-c3cnccn3)[nH]c2=O)C1. The number of hydrogen-bond donors (Lipinski definition) is 1. The molecule has 1 amide bonds. The average molecular weight is 297 g/mol. The Balaban J connectivity index is 1.69. The van der Waals surface area contributed by atoms with E-state index < -0.39 is 0 Å². The Bertz CT molecular complexity index is 782. The highest BCUT2D eigenvalue weighted by molar-refractivity contribution is 5.81. The number of rotatable bonds is 2. The van der Waals surface area contributed by atoms with E-state index in [0.717, 1.165) is 12.8 Å². The molecule has 0 saturated heterocycles. The molecule has 7 nitrogen and oxygen atoms in total. The second-order valence-corrected chi connectivity index (χ2v) is 5.71. The number of amides is 1. The molecule has 4 rings (SSSR count). The summed E-state index contributed by atoms with van der Waals surface area (Å²) in [7, 11) is 0. The third-order valence-electron chi connectivity index (χ3n) is 4.12. The minimum absolute atomic E-state index is 0.149. The van der Waals surface area contributed by atoms with E-state index in [-0.39, 0.29) is 17.4 Å². The fourth-order valence-electron chi connectivity index (χ4n) is 2.76. The summed E-state index contributed by atoms with van der Waals surface area (Å²) < 4.78 is 0. The Labute approximate surface area is 126 Å². The number of nitrogens with one attached hydrogen (secondary N) is 1. The molecule has 1 aliphatic carbocycles. The molecule has 2 aliphatic rings. The molecule has 0 radical (unpaired) electrons. The molecule has 1 N–H and O–H groups in total. The maximum Gasteiger partial charge on any atom is 0.254 e. The monoisotopic (exact) mass is 297 g/mol. The zero-order valence-corrected chi connectivity index (χ0v) is 12.0. The molecule has 0 bridgehead atoms. The van der Waals surface area contributed by atoms with Gasteiger partial charge in [-0.2, -0.15) is 0 Å². The summed E-state index contributed by atoms with van der Waals surface area (Å²) in [5.74, 6) is 0.773. The van der Waals surface area contributed by atoms with Crippen LogP contribution in [0.4, 0.5) is 0 Å². The zero-order valence-electron chi connectivity index (χ0n) is 12.0. The van der Waals surface area contributed by atoms with E-state index >= 15 is 0 Å². The van der Waals surface area contributed by atoms with Crippen molar-refractivity contribution in [2.45, 2.75) is 25.8 Å². The average Bonchev–Trinajstić information content (AvgIpc) is 3.39. The minimum atomic E-state index is -0.149. The van der Waals surface area contributed by atoms with E-state index in [9.17, 15) is 9.59 Å². The van der Waals surface area contributed by atoms with Crippen molar-refractivity contribution in [3.8, 4) is 11.5 Å². The van der Waals surface area contributed by atoms with Crippen molar-refractivity contribution in [3.63, 3.8) is 0 Å². The zero-order chi connectivity index (χ0) is 15.1. The molecular weight excluding hydrogens is 282 g/mol. The molecule has 1 aliphatic heterocycles. The van der Waals surface area contributed by atoms with E-state index in [2.05, 4.69) is 19.9 Å². The first-order valence-corrected chi connectivity index (χ1v) is 7.39. The standard InChI is InChI=1S/C15H15N5O2/c21-14-10-3-6-20(15(22)9-1-2-9)8-12(10)18-13(19-14)11-7-16-4-5-17-11/h4-5,7,9H,1-3,6,8H2,(H,18,19,21). The minimum Gasteiger partial charge on any atom is -0.336 e. The number of fused-ring (bicyclic) bond motifs is 1. The van der Waals surface area contributed by atoms with Crippen LogP contribution in [0.25, 0.3) is 11.5 Å². The molecule has 2 aromatic heterocycles. The van der Waals surface area contributed by atoms with E-state index in [1.54, 1.807) is 18.6 Å². The van der Waals surface area contributed by atoms with Crippen LogP contribution in [-0.4, -0.2) is 37.3 Å². The van der Waals surface area contributed by atoms with Crippen molar-refractivity contribution in [2.75, 3.05) is 6.54 Å².